The van der Waals surface area contributed by atoms with Gasteiger partial charge in [-0.2, -0.15) is 0 Å². The molecule has 5 nitrogen and oxygen atoms in total. The van der Waals surface area contributed by atoms with Crippen LogP contribution in [0.25, 0.3) is 0 Å². The number of benzene rings is 1. The molecule has 0 aliphatic heterocycles. The number of amides is 2. The second-order valence-corrected chi connectivity index (χ2v) is 4.29. The van der Waals surface area contributed by atoms with E-state index in [-0.39, 0.29) is 18.6 Å². The van der Waals surface area contributed by atoms with Crippen molar-refractivity contribution in [2.75, 3.05) is 13.6 Å². The summed E-state index contributed by atoms with van der Waals surface area (Å²) in [6, 6.07) is 9.39. The SMILES string of the molecule is CC(Cc1ccccc1)NC(=O)N(C)CC(=O)O. The summed E-state index contributed by atoms with van der Waals surface area (Å²) in [6.45, 7) is 1.59. The van der Waals surface area contributed by atoms with Gasteiger partial charge in [-0.3, -0.25) is 4.79 Å². The van der Waals surface area contributed by atoms with Crippen LogP contribution in [0.3, 0.4) is 0 Å². The Morgan fingerprint density at radius 3 is 2.50 bits per heavy atom. The minimum Gasteiger partial charge on any atom is -0.480 e. The third kappa shape index (κ3) is 4.86. The normalized spacial score (nSPS) is 11.7. The highest BCUT2D eigenvalue weighted by Crippen LogP contribution is 2.03. The van der Waals surface area contributed by atoms with Gasteiger partial charge >= 0.3 is 12.0 Å². The zero-order valence-electron chi connectivity index (χ0n) is 10.6. The summed E-state index contributed by atoms with van der Waals surface area (Å²) in [5.41, 5.74) is 1.13. The number of urea groups is 1. The third-order valence-electron chi connectivity index (χ3n) is 2.47. The minimum absolute atomic E-state index is 0.0452. The van der Waals surface area contributed by atoms with Gasteiger partial charge < -0.3 is 15.3 Å². The lowest BCUT2D eigenvalue weighted by molar-refractivity contribution is -0.137. The highest BCUT2D eigenvalue weighted by atomic mass is 16.4. The molecule has 0 saturated carbocycles. The highest BCUT2D eigenvalue weighted by Gasteiger charge is 2.14. The van der Waals surface area contributed by atoms with Crippen LogP contribution in [0.15, 0.2) is 30.3 Å². The predicted molar refractivity (Wildman–Crippen MR) is 68.4 cm³/mol. The van der Waals surface area contributed by atoms with E-state index in [1.807, 2.05) is 37.3 Å². The maximum absolute atomic E-state index is 11.6. The molecule has 0 aliphatic carbocycles. The lowest BCUT2D eigenvalue weighted by Crippen LogP contribution is -2.44. The molecule has 0 heterocycles. The molecule has 0 saturated heterocycles. The standard InChI is InChI=1S/C13H18N2O3/c1-10(8-11-6-4-3-5-7-11)14-13(18)15(2)9-12(16)17/h3-7,10H,8-9H2,1-2H3,(H,14,18)(H,16,17). The predicted octanol–water partition coefficient (Wildman–Crippen LogP) is 1.34. The van der Waals surface area contributed by atoms with Crippen LogP contribution < -0.4 is 5.32 Å². The molecule has 0 aromatic heterocycles. The van der Waals surface area contributed by atoms with Crippen molar-refractivity contribution in [3.05, 3.63) is 35.9 Å². The summed E-state index contributed by atoms with van der Waals surface area (Å²) in [6.07, 6.45) is 0.716. The lowest BCUT2D eigenvalue weighted by atomic mass is 10.1. The van der Waals surface area contributed by atoms with Crippen molar-refractivity contribution in [1.82, 2.24) is 10.2 Å². The zero-order chi connectivity index (χ0) is 13.5. The van der Waals surface area contributed by atoms with Gasteiger partial charge in [0.05, 0.1) is 0 Å². The summed E-state index contributed by atoms with van der Waals surface area (Å²) < 4.78 is 0. The van der Waals surface area contributed by atoms with E-state index in [1.54, 1.807) is 0 Å². The topological polar surface area (TPSA) is 69.6 Å². The Bertz CT molecular complexity index is 406. The van der Waals surface area contributed by atoms with Gasteiger partial charge in [0.15, 0.2) is 0 Å². The van der Waals surface area contributed by atoms with E-state index in [2.05, 4.69) is 5.32 Å². The Balaban J connectivity index is 2.42. The molecule has 1 unspecified atom stereocenters. The lowest BCUT2D eigenvalue weighted by Gasteiger charge is -2.19. The molecule has 2 amide bonds. The van der Waals surface area contributed by atoms with Crippen molar-refractivity contribution in [2.45, 2.75) is 19.4 Å². The number of carbonyl (C=O) groups is 2. The molecule has 5 heteroatoms. The number of nitrogens with zero attached hydrogens (tertiary/aromatic N) is 1. The van der Waals surface area contributed by atoms with Crippen LogP contribution in [0.1, 0.15) is 12.5 Å². The first-order valence-electron chi connectivity index (χ1n) is 5.76. The smallest absolute Gasteiger partial charge is 0.323 e. The molecule has 98 valence electrons. The van der Waals surface area contributed by atoms with Gasteiger partial charge in [-0.1, -0.05) is 30.3 Å². The van der Waals surface area contributed by atoms with Crippen LogP contribution >= 0.6 is 0 Å². The maximum atomic E-state index is 11.6. The van der Waals surface area contributed by atoms with Gasteiger partial charge in [0.1, 0.15) is 6.54 Å². The van der Waals surface area contributed by atoms with Crippen molar-refractivity contribution in [3.8, 4) is 0 Å². The third-order valence-corrected chi connectivity index (χ3v) is 2.47. The number of likely N-dealkylation sites (N-methyl/N-ethyl adjacent to an activating group) is 1. The monoisotopic (exact) mass is 250 g/mol. The number of hydrogen-bond donors (Lipinski definition) is 2. The van der Waals surface area contributed by atoms with E-state index < -0.39 is 5.97 Å². The van der Waals surface area contributed by atoms with Crippen molar-refractivity contribution in [3.63, 3.8) is 0 Å². The van der Waals surface area contributed by atoms with Gasteiger partial charge in [0.25, 0.3) is 0 Å². The average Bonchev–Trinajstić information content (AvgIpc) is 2.29. The molecule has 0 aliphatic rings. The van der Waals surface area contributed by atoms with E-state index in [1.165, 1.54) is 7.05 Å². The van der Waals surface area contributed by atoms with E-state index in [9.17, 15) is 9.59 Å². The number of rotatable bonds is 5. The van der Waals surface area contributed by atoms with Crippen molar-refractivity contribution < 1.29 is 14.7 Å². The molecule has 0 fully saturated rings. The fraction of sp³-hybridized carbons (Fsp3) is 0.385. The van der Waals surface area contributed by atoms with E-state index in [0.717, 1.165) is 10.5 Å². The molecule has 2 N–H and O–H groups in total. The molecular weight excluding hydrogens is 232 g/mol. The first-order chi connectivity index (χ1) is 8.49. The quantitative estimate of drug-likeness (QED) is 0.828. The number of nitrogens with one attached hydrogen (secondary N) is 1. The van der Waals surface area contributed by atoms with Crippen LogP contribution in [-0.4, -0.2) is 41.6 Å². The fourth-order valence-electron chi connectivity index (χ4n) is 1.61. The van der Waals surface area contributed by atoms with Gasteiger partial charge in [0.2, 0.25) is 0 Å². The van der Waals surface area contributed by atoms with E-state index in [4.69, 9.17) is 5.11 Å². The zero-order valence-corrected chi connectivity index (χ0v) is 10.6. The molecule has 1 aromatic carbocycles. The summed E-state index contributed by atoms with van der Waals surface area (Å²) in [5, 5.41) is 11.3. The Kier molecular flexibility index (Phi) is 5.17. The van der Waals surface area contributed by atoms with Gasteiger partial charge in [-0.25, -0.2) is 4.79 Å². The number of hydrogen-bond acceptors (Lipinski definition) is 2. The van der Waals surface area contributed by atoms with E-state index >= 15 is 0 Å². The van der Waals surface area contributed by atoms with Gasteiger partial charge in [-0.15, -0.1) is 0 Å². The highest BCUT2D eigenvalue weighted by molar-refractivity contribution is 5.79. The van der Waals surface area contributed by atoms with Crippen molar-refractivity contribution in [2.24, 2.45) is 0 Å². The van der Waals surface area contributed by atoms with Gasteiger partial charge in [-0.05, 0) is 18.9 Å². The molecular formula is C13H18N2O3. The molecule has 18 heavy (non-hydrogen) atoms. The summed E-state index contributed by atoms with van der Waals surface area (Å²) in [7, 11) is 1.46. The summed E-state index contributed by atoms with van der Waals surface area (Å²) in [5.74, 6) is -1.02. The summed E-state index contributed by atoms with van der Waals surface area (Å²) >= 11 is 0. The Hall–Kier alpha value is -2.04. The molecule has 0 spiro atoms. The second-order valence-electron chi connectivity index (χ2n) is 4.29. The van der Waals surface area contributed by atoms with Crippen LogP contribution in [0.2, 0.25) is 0 Å². The minimum atomic E-state index is -1.02. The first kappa shape index (κ1) is 14.0. The van der Waals surface area contributed by atoms with Crippen LogP contribution in [0, 0.1) is 0 Å². The number of carboxylic acids is 1. The molecule has 1 atom stereocenters. The van der Waals surface area contributed by atoms with Crippen LogP contribution in [0.4, 0.5) is 4.79 Å². The Morgan fingerprint density at radius 1 is 1.33 bits per heavy atom. The first-order valence-corrected chi connectivity index (χ1v) is 5.76. The summed E-state index contributed by atoms with van der Waals surface area (Å²) in [4.78, 5) is 23.2. The second kappa shape index (κ2) is 6.64. The number of aliphatic carboxylic acids is 1. The molecule has 0 bridgehead atoms. The van der Waals surface area contributed by atoms with Crippen LogP contribution in [-0.2, 0) is 11.2 Å². The Labute approximate surface area is 106 Å². The molecule has 0 radical (unpaired) electrons. The van der Waals surface area contributed by atoms with Gasteiger partial charge in [0, 0.05) is 13.1 Å². The van der Waals surface area contributed by atoms with Crippen molar-refractivity contribution in [1.29, 1.82) is 0 Å². The number of carboxylic acid groups (broad SMARTS) is 1. The van der Waals surface area contributed by atoms with Crippen LogP contribution in [0.5, 0.6) is 0 Å². The average molecular weight is 250 g/mol. The maximum Gasteiger partial charge on any atom is 0.323 e. The van der Waals surface area contributed by atoms with Crippen molar-refractivity contribution >= 4 is 12.0 Å². The number of carbonyl (C=O) groups excluding carboxylic acids is 1. The molecule has 1 rings (SSSR count). The molecule has 1 aromatic rings. The fourth-order valence-corrected chi connectivity index (χ4v) is 1.61. The Morgan fingerprint density at radius 2 is 1.94 bits per heavy atom. The van der Waals surface area contributed by atoms with E-state index in [0.29, 0.717) is 6.42 Å². The largest absolute Gasteiger partial charge is 0.480 e.